The van der Waals surface area contributed by atoms with Crippen LogP contribution in [0.3, 0.4) is 0 Å². The topological polar surface area (TPSA) is 74.7 Å². The zero-order valence-electron chi connectivity index (χ0n) is 11.9. The molecule has 0 amide bonds. The van der Waals surface area contributed by atoms with Gasteiger partial charge in [0.05, 0.1) is 12.2 Å². The summed E-state index contributed by atoms with van der Waals surface area (Å²) >= 11 is 12.9. The molecule has 1 N–H and O–H groups in total. The van der Waals surface area contributed by atoms with E-state index < -0.39 is 0 Å². The first-order chi connectivity index (χ1) is 11.1. The van der Waals surface area contributed by atoms with Gasteiger partial charge in [-0.05, 0) is 42.7 Å². The lowest BCUT2D eigenvalue weighted by Gasteiger charge is -2.00. The fourth-order valence-electron chi connectivity index (χ4n) is 2.04. The van der Waals surface area contributed by atoms with E-state index in [-0.39, 0.29) is 5.15 Å². The van der Waals surface area contributed by atoms with Crippen molar-refractivity contribution in [3.05, 3.63) is 51.6 Å². The SMILES string of the molecule is Cc1nc(CNc2snc(Cl)c2C#N)oc1-c1ccc(Cl)cc1. The number of nitrogens with zero attached hydrogens (tertiary/aromatic N) is 3. The highest BCUT2D eigenvalue weighted by atomic mass is 35.5. The fourth-order valence-corrected chi connectivity index (χ4v) is 3.10. The van der Waals surface area contributed by atoms with Gasteiger partial charge < -0.3 is 9.73 Å². The maximum atomic E-state index is 9.05. The van der Waals surface area contributed by atoms with Crippen molar-refractivity contribution < 1.29 is 4.42 Å². The van der Waals surface area contributed by atoms with Crippen molar-refractivity contribution in [1.29, 1.82) is 5.26 Å². The van der Waals surface area contributed by atoms with Crippen LogP contribution in [-0.4, -0.2) is 9.36 Å². The molecular formula is C15H10Cl2N4OS. The molecule has 3 rings (SSSR count). The van der Waals surface area contributed by atoms with Crippen LogP contribution in [0.5, 0.6) is 0 Å². The van der Waals surface area contributed by atoms with E-state index in [9.17, 15) is 0 Å². The number of halogens is 2. The highest BCUT2D eigenvalue weighted by molar-refractivity contribution is 7.10. The Morgan fingerprint density at radius 2 is 2.04 bits per heavy atom. The minimum Gasteiger partial charge on any atom is -0.438 e. The molecule has 0 aliphatic carbocycles. The summed E-state index contributed by atoms with van der Waals surface area (Å²) in [6.45, 7) is 2.21. The van der Waals surface area contributed by atoms with Gasteiger partial charge in [0.2, 0.25) is 5.89 Å². The highest BCUT2D eigenvalue weighted by Crippen LogP contribution is 2.29. The van der Waals surface area contributed by atoms with Gasteiger partial charge >= 0.3 is 0 Å². The Bertz CT molecular complexity index is 880. The molecule has 116 valence electrons. The van der Waals surface area contributed by atoms with Crippen molar-refractivity contribution in [1.82, 2.24) is 9.36 Å². The predicted octanol–water partition coefficient (Wildman–Crippen LogP) is 4.90. The second-order valence-corrected chi connectivity index (χ2v) is 6.24. The molecule has 0 bridgehead atoms. The fraction of sp³-hybridized carbons (Fsp3) is 0.133. The van der Waals surface area contributed by atoms with Crippen molar-refractivity contribution in [3.63, 3.8) is 0 Å². The monoisotopic (exact) mass is 364 g/mol. The summed E-state index contributed by atoms with van der Waals surface area (Å²) in [6, 6.07) is 9.38. The lowest BCUT2D eigenvalue weighted by atomic mass is 10.1. The molecule has 1 aromatic carbocycles. The molecule has 2 aromatic heterocycles. The van der Waals surface area contributed by atoms with Crippen LogP contribution in [0.25, 0.3) is 11.3 Å². The van der Waals surface area contributed by atoms with E-state index in [2.05, 4.69) is 14.7 Å². The molecular weight excluding hydrogens is 355 g/mol. The number of benzene rings is 1. The second kappa shape index (κ2) is 6.59. The van der Waals surface area contributed by atoms with Crippen molar-refractivity contribution in [2.75, 3.05) is 5.32 Å². The van der Waals surface area contributed by atoms with Crippen molar-refractivity contribution in [3.8, 4) is 17.4 Å². The molecule has 0 saturated heterocycles. The Balaban J connectivity index is 1.79. The van der Waals surface area contributed by atoms with Gasteiger partial charge in [0, 0.05) is 10.6 Å². The number of aromatic nitrogens is 2. The van der Waals surface area contributed by atoms with Crippen LogP contribution in [0, 0.1) is 18.3 Å². The third-order valence-electron chi connectivity index (χ3n) is 3.11. The van der Waals surface area contributed by atoms with Crippen LogP contribution in [-0.2, 0) is 6.54 Å². The van der Waals surface area contributed by atoms with Crippen LogP contribution in [0.1, 0.15) is 17.1 Å². The Kier molecular flexibility index (Phi) is 4.53. The second-order valence-electron chi connectivity index (χ2n) is 4.67. The molecule has 0 unspecified atom stereocenters. The standard InChI is InChI=1S/C15H10Cl2N4OS/c1-8-13(9-2-4-10(16)5-3-9)22-12(20-8)7-19-15-11(6-18)14(17)21-23-15/h2-5,19H,7H2,1H3. The van der Waals surface area contributed by atoms with Crippen LogP contribution in [0.2, 0.25) is 10.2 Å². The normalized spacial score (nSPS) is 10.5. The summed E-state index contributed by atoms with van der Waals surface area (Å²) in [5.74, 6) is 1.21. The number of anilines is 1. The summed E-state index contributed by atoms with van der Waals surface area (Å²) in [5, 5.41) is 13.6. The molecule has 3 aromatic rings. The van der Waals surface area contributed by atoms with E-state index in [0.29, 0.717) is 33.8 Å². The van der Waals surface area contributed by atoms with Crippen molar-refractivity contribution in [2.24, 2.45) is 0 Å². The predicted molar refractivity (Wildman–Crippen MR) is 90.9 cm³/mol. The quantitative estimate of drug-likeness (QED) is 0.712. The number of rotatable bonds is 4. The molecule has 23 heavy (non-hydrogen) atoms. The van der Waals surface area contributed by atoms with E-state index in [0.717, 1.165) is 22.8 Å². The summed E-state index contributed by atoms with van der Waals surface area (Å²) in [5.41, 5.74) is 2.02. The number of hydrogen-bond acceptors (Lipinski definition) is 6. The molecule has 2 heterocycles. The molecule has 0 aliphatic heterocycles. The number of oxazole rings is 1. The number of hydrogen-bond donors (Lipinski definition) is 1. The van der Waals surface area contributed by atoms with E-state index in [4.69, 9.17) is 32.9 Å². The van der Waals surface area contributed by atoms with Crippen molar-refractivity contribution >= 4 is 39.7 Å². The van der Waals surface area contributed by atoms with E-state index in [1.165, 1.54) is 0 Å². The third-order valence-corrected chi connectivity index (χ3v) is 4.54. The third kappa shape index (κ3) is 3.32. The van der Waals surface area contributed by atoms with Gasteiger partial charge in [-0.15, -0.1) is 0 Å². The number of nitriles is 1. The minimum atomic E-state index is 0.199. The van der Waals surface area contributed by atoms with Crippen LogP contribution >= 0.6 is 34.7 Å². The Morgan fingerprint density at radius 3 is 2.74 bits per heavy atom. The molecule has 8 heteroatoms. The molecule has 0 atom stereocenters. The van der Waals surface area contributed by atoms with E-state index >= 15 is 0 Å². The first kappa shape index (κ1) is 15.8. The molecule has 0 radical (unpaired) electrons. The van der Waals surface area contributed by atoms with Crippen LogP contribution < -0.4 is 5.32 Å². The Labute approximate surface area is 146 Å². The summed E-state index contributed by atoms with van der Waals surface area (Å²) in [7, 11) is 0. The van der Waals surface area contributed by atoms with E-state index in [1.807, 2.05) is 25.1 Å². The summed E-state index contributed by atoms with van der Waals surface area (Å²) in [4.78, 5) is 4.39. The lowest BCUT2D eigenvalue weighted by molar-refractivity contribution is 0.516. The zero-order valence-corrected chi connectivity index (χ0v) is 14.3. The van der Waals surface area contributed by atoms with Gasteiger partial charge in [-0.2, -0.15) is 9.64 Å². The van der Waals surface area contributed by atoms with Crippen molar-refractivity contribution in [2.45, 2.75) is 13.5 Å². The first-order valence-electron chi connectivity index (χ1n) is 6.60. The molecule has 0 spiro atoms. The average molecular weight is 365 g/mol. The summed E-state index contributed by atoms with van der Waals surface area (Å²) in [6.07, 6.45) is 0. The van der Waals surface area contributed by atoms with Gasteiger partial charge in [-0.1, -0.05) is 23.2 Å². The largest absolute Gasteiger partial charge is 0.438 e. The van der Waals surface area contributed by atoms with Gasteiger partial charge in [0.1, 0.15) is 16.6 Å². The average Bonchev–Trinajstić information content (AvgIpc) is 3.08. The van der Waals surface area contributed by atoms with Crippen LogP contribution in [0.4, 0.5) is 5.00 Å². The number of nitrogens with one attached hydrogen (secondary N) is 1. The first-order valence-corrected chi connectivity index (χ1v) is 8.13. The number of aryl methyl sites for hydroxylation is 1. The maximum Gasteiger partial charge on any atom is 0.214 e. The highest BCUT2D eigenvalue weighted by Gasteiger charge is 2.14. The summed E-state index contributed by atoms with van der Waals surface area (Å²) < 4.78 is 9.73. The Morgan fingerprint density at radius 1 is 1.30 bits per heavy atom. The minimum absolute atomic E-state index is 0.199. The van der Waals surface area contributed by atoms with Gasteiger partial charge in [-0.3, -0.25) is 0 Å². The molecule has 0 aliphatic rings. The molecule has 0 saturated carbocycles. The Hall–Kier alpha value is -2.07. The van der Waals surface area contributed by atoms with E-state index in [1.54, 1.807) is 12.1 Å². The molecule has 5 nitrogen and oxygen atoms in total. The van der Waals surface area contributed by atoms with Gasteiger partial charge in [0.15, 0.2) is 10.9 Å². The van der Waals surface area contributed by atoms with Gasteiger partial charge in [-0.25, -0.2) is 4.98 Å². The maximum absolute atomic E-state index is 9.05. The molecule has 0 fully saturated rings. The smallest absolute Gasteiger partial charge is 0.214 e. The van der Waals surface area contributed by atoms with Gasteiger partial charge in [0.25, 0.3) is 0 Å². The van der Waals surface area contributed by atoms with Crippen LogP contribution in [0.15, 0.2) is 28.7 Å². The zero-order chi connectivity index (χ0) is 16.4. The lowest BCUT2D eigenvalue weighted by Crippen LogP contribution is -1.99.